The third-order valence-electron chi connectivity index (χ3n) is 1.77. The second-order valence-corrected chi connectivity index (χ2v) is 3.04. The zero-order valence-electron chi connectivity index (χ0n) is 7.23. The Labute approximate surface area is 71.8 Å². The maximum absolute atomic E-state index is 8.72. The van der Waals surface area contributed by atoms with Crippen LogP contribution in [0.25, 0.3) is 0 Å². The van der Waals surface area contributed by atoms with Crippen molar-refractivity contribution in [3.05, 3.63) is 29.8 Å². The van der Waals surface area contributed by atoms with Crippen LogP contribution in [-0.2, 0) is 0 Å². The largest absolute Gasteiger partial charge is 0.264 e. The molecule has 3 heteroatoms. The SMILES string of the molecule is CC(C)c1cccc(N(O)O)c1. The number of anilines is 1. The number of hydrogen-bond donors (Lipinski definition) is 2. The minimum absolute atomic E-state index is 0.131. The van der Waals surface area contributed by atoms with Crippen LogP contribution in [0.2, 0.25) is 0 Å². The van der Waals surface area contributed by atoms with E-state index in [1.165, 1.54) is 0 Å². The summed E-state index contributed by atoms with van der Waals surface area (Å²) in [6.45, 7) is 4.11. The van der Waals surface area contributed by atoms with Gasteiger partial charge in [-0.15, -0.1) is 5.23 Å². The summed E-state index contributed by atoms with van der Waals surface area (Å²) in [6.07, 6.45) is 0. The Morgan fingerprint density at radius 1 is 1.25 bits per heavy atom. The van der Waals surface area contributed by atoms with Crippen molar-refractivity contribution in [2.24, 2.45) is 0 Å². The first-order chi connectivity index (χ1) is 5.61. The lowest BCUT2D eigenvalue weighted by atomic mass is 10.0. The number of hydrogen-bond acceptors (Lipinski definition) is 3. The van der Waals surface area contributed by atoms with Crippen molar-refractivity contribution in [3.63, 3.8) is 0 Å². The maximum Gasteiger partial charge on any atom is 0.0945 e. The second-order valence-electron chi connectivity index (χ2n) is 3.04. The molecule has 0 aliphatic rings. The van der Waals surface area contributed by atoms with Crippen molar-refractivity contribution < 1.29 is 10.4 Å². The molecule has 0 fully saturated rings. The fourth-order valence-electron chi connectivity index (χ4n) is 1.01. The summed E-state index contributed by atoms with van der Waals surface area (Å²) < 4.78 is 0. The molecule has 12 heavy (non-hydrogen) atoms. The standard InChI is InChI=1S/C9H13NO2/c1-7(2)8-4-3-5-9(6-8)10(11)12/h3-7,11-12H,1-2H3. The Hall–Kier alpha value is -1.06. The van der Waals surface area contributed by atoms with Gasteiger partial charge in [0.05, 0.1) is 5.69 Å². The van der Waals surface area contributed by atoms with E-state index in [1.807, 2.05) is 6.07 Å². The molecular formula is C9H13NO2. The lowest BCUT2D eigenvalue weighted by Crippen LogP contribution is -2.11. The van der Waals surface area contributed by atoms with Crippen LogP contribution in [0.4, 0.5) is 5.69 Å². The van der Waals surface area contributed by atoms with Crippen LogP contribution in [0, 0.1) is 0 Å². The Morgan fingerprint density at radius 2 is 1.92 bits per heavy atom. The van der Waals surface area contributed by atoms with Gasteiger partial charge in [0.2, 0.25) is 0 Å². The van der Waals surface area contributed by atoms with E-state index in [-0.39, 0.29) is 5.23 Å². The molecule has 0 aliphatic heterocycles. The Bertz CT molecular complexity index is 235. The molecule has 1 aromatic carbocycles. The van der Waals surface area contributed by atoms with Gasteiger partial charge in [-0.1, -0.05) is 26.0 Å². The van der Waals surface area contributed by atoms with Gasteiger partial charge in [-0.05, 0) is 23.6 Å². The quantitative estimate of drug-likeness (QED) is 0.665. The molecule has 0 spiro atoms. The summed E-state index contributed by atoms with van der Waals surface area (Å²) >= 11 is 0. The summed E-state index contributed by atoms with van der Waals surface area (Å²) in [4.78, 5) is 0. The van der Waals surface area contributed by atoms with Crippen LogP contribution in [0.1, 0.15) is 25.3 Å². The van der Waals surface area contributed by atoms with E-state index in [4.69, 9.17) is 10.4 Å². The predicted octanol–water partition coefficient (Wildman–Crippen LogP) is 2.39. The number of nitrogens with zero attached hydrogens (tertiary/aromatic N) is 1. The Morgan fingerprint density at radius 3 is 2.42 bits per heavy atom. The number of rotatable bonds is 2. The molecule has 1 rings (SSSR count). The summed E-state index contributed by atoms with van der Waals surface area (Å²) in [5, 5.41) is 17.6. The van der Waals surface area contributed by atoms with E-state index in [9.17, 15) is 0 Å². The molecule has 0 saturated heterocycles. The molecule has 2 N–H and O–H groups in total. The van der Waals surface area contributed by atoms with Gasteiger partial charge >= 0.3 is 0 Å². The molecule has 0 atom stereocenters. The molecule has 0 unspecified atom stereocenters. The van der Waals surface area contributed by atoms with Crippen LogP contribution in [0.15, 0.2) is 24.3 Å². The third-order valence-corrected chi connectivity index (χ3v) is 1.77. The first kappa shape index (κ1) is 9.03. The highest BCUT2D eigenvalue weighted by Crippen LogP contribution is 2.19. The highest BCUT2D eigenvalue weighted by Gasteiger charge is 2.02. The average Bonchev–Trinajstić information content (AvgIpc) is 2.04. The monoisotopic (exact) mass is 167 g/mol. The van der Waals surface area contributed by atoms with Crippen LogP contribution in [0.3, 0.4) is 0 Å². The summed E-state index contributed by atoms with van der Waals surface area (Å²) in [5.41, 5.74) is 1.47. The fraction of sp³-hybridized carbons (Fsp3) is 0.333. The third kappa shape index (κ3) is 1.96. The second kappa shape index (κ2) is 3.56. The minimum atomic E-state index is 0.131. The number of benzene rings is 1. The summed E-state index contributed by atoms with van der Waals surface area (Å²) in [5.74, 6) is 0.393. The van der Waals surface area contributed by atoms with Gasteiger partial charge in [0.25, 0.3) is 0 Å². The molecule has 0 saturated carbocycles. The molecule has 0 aliphatic carbocycles. The van der Waals surface area contributed by atoms with E-state index in [2.05, 4.69) is 13.8 Å². The molecule has 0 amide bonds. The van der Waals surface area contributed by atoms with Crippen molar-refractivity contribution >= 4 is 5.69 Å². The van der Waals surface area contributed by atoms with E-state index < -0.39 is 0 Å². The van der Waals surface area contributed by atoms with Gasteiger partial charge in [0.1, 0.15) is 0 Å². The van der Waals surface area contributed by atoms with Gasteiger partial charge in [-0.25, -0.2) is 0 Å². The van der Waals surface area contributed by atoms with Crippen molar-refractivity contribution in [1.29, 1.82) is 0 Å². The van der Waals surface area contributed by atoms with Crippen molar-refractivity contribution in [2.75, 3.05) is 5.23 Å². The smallest absolute Gasteiger partial charge is 0.0945 e. The lowest BCUT2D eigenvalue weighted by Gasteiger charge is -2.10. The summed E-state index contributed by atoms with van der Waals surface area (Å²) in [6, 6.07) is 7.12. The van der Waals surface area contributed by atoms with E-state index >= 15 is 0 Å². The van der Waals surface area contributed by atoms with Crippen LogP contribution >= 0.6 is 0 Å². The minimum Gasteiger partial charge on any atom is -0.264 e. The van der Waals surface area contributed by atoms with E-state index in [1.54, 1.807) is 18.2 Å². The van der Waals surface area contributed by atoms with Crippen LogP contribution in [0.5, 0.6) is 0 Å². The molecule has 0 heterocycles. The highest BCUT2D eigenvalue weighted by molar-refractivity contribution is 5.44. The highest BCUT2D eigenvalue weighted by atomic mass is 16.8. The molecular weight excluding hydrogens is 154 g/mol. The molecule has 0 bridgehead atoms. The van der Waals surface area contributed by atoms with Gasteiger partial charge in [0.15, 0.2) is 0 Å². The fourth-order valence-corrected chi connectivity index (χ4v) is 1.01. The first-order valence-corrected chi connectivity index (χ1v) is 3.89. The topological polar surface area (TPSA) is 43.7 Å². The molecule has 3 nitrogen and oxygen atoms in total. The molecule has 1 aromatic rings. The van der Waals surface area contributed by atoms with Gasteiger partial charge in [-0.3, -0.25) is 10.4 Å². The predicted molar refractivity (Wildman–Crippen MR) is 46.6 cm³/mol. The Balaban J connectivity index is 2.96. The van der Waals surface area contributed by atoms with Crippen LogP contribution < -0.4 is 5.23 Å². The van der Waals surface area contributed by atoms with E-state index in [0.29, 0.717) is 11.6 Å². The van der Waals surface area contributed by atoms with E-state index in [0.717, 1.165) is 5.56 Å². The van der Waals surface area contributed by atoms with Crippen molar-refractivity contribution in [2.45, 2.75) is 19.8 Å². The first-order valence-electron chi connectivity index (χ1n) is 3.89. The molecule has 0 aromatic heterocycles. The normalized spacial score (nSPS) is 10.4. The zero-order chi connectivity index (χ0) is 9.14. The van der Waals surface area contributed by atoms with Crippen LogP contribution in [-0.4, -0.2) is 10.4 Å². The van der Waals surface area contributed by atoms with Crippen molar-refractivity contribution in [3.8, 4) is 0 Å². The molecule has 66 valence electrons. The summed E-state index contributed by atoms with van der Waals surface area (Å²) in [7, 11) is 0. The van der Waals surface area contributed by atoms with Crippen molar-refractivity contribution in [1.82, 2.24) is 0 Å². The van der Waals surface area contributed by atoms with Gasteiger partial charge < -0.3 is 0 Å². The Kier molecular flexibility index (Phi) is 2.68. The lowest BCUT2D eigenvalue weighted by molar-refractivity contribution is 0.0291. The average molecular weight is 167 g/mol. The maximum atomic E-state index is 8.72. The molecule has 0 radical (unpaired) electrons. The zero-order valence-corrected chi connectivity index (χ0v) is 7.23. The van der Waals surface area contributed by atoms with Gasteiger partial charge in [0, 0.05) is 0 Å². The van der Waals surface area contributed by atoms with Gasteiger partial charge in [-0.2, -0.15) is 0 Å².